The van der Waals surface area contributed by atoms with E-state index < -0.39 is 12.0 Å². The number of anilines is 2. The molecule has 0 fully saturated rings. The van der Waals surface area contributed by atoms with Gasteiger partial charge >= 0.3 is 12.0 Å². The van der Waals surface area contributed by atoms with E-state index in [-0.39, 0.29) is 29.6 Å². The van der Waals surface area contributed by atoms with Crippen LogP contribution in [-0.2, 0) is 16.0 Å². The number of rotatable bonds is 10. The molecule has 9 nitrogen and oxygen atoms in total. The van der Waals surface area contributed by atoms with Gasteiger partial charge in [0.15, 0.2) is 5.69 Å². The first-order chi connectivity index (χ1) is 14.9. The van der Waals surface area contributed by atoms with Crippen molar-refractivity contribution in [3.63, 3.8) is 0 Å². The minimum atomic E-state index is -0.618. The van der Waals surface area contributed by atoms with Crippen LogP contribution in [0.2, 0.25) is 0 Å². The van der Waals surface area contributed by atoms with Crippen molar-refractivity contribution in [1.29, 1.82) is 5.26 Å². The molecule has 9 heteroatoms. The highest BCUT2D eigenvalue weighted by Gasteiger charge is 2.25. The first-order valence-electron chi connectivity index (χ1n) is 10.0. The van der Waals surface area contributed by atoms with Crippen molar-refractivity contribution in [2.75, 3.05) is 44.1 Å². The van der Waals surface area contributed by atoms with Crippen LogP contribution in [0.15, 0.2) is 36.5 Å². The Morgan fingerprint density at radius 3 is 2.61 bits per heavy atom. The lowest BCUT2D eigenvalue weighted by Gasteiger charge is -2.27. The molecule has 2 amide bonds. The van der Waals surface area contributed by atoms with Gasteiger partial charge in [0.25, 0.3) is 0 Å². The molecule has 1 atom stereocenters. The summed E-state index contributed by atoms with van der Waals surface area (Å²) in [4.78, 5) is 27.1. The Balaban J connectivity index is 2.13. The molecular formula is C22H29N5O4. The summed E-state index contributed by atoms with van der Waals surface area (Å²) >= 11 is 0. The number of nitrogens with zero attached hydrogens (tertiary/aromatic N) is 3. The van der Waals surface area contributed by atoms with E-state index in [0.29, 0.717) is 19.7 Å². The Bertz CT molecular complexity index is 920. The van der Waals surface area contributed by atoms with Crippen LogP contribution < -0.4 is 15.5 Å². The van der Waals surface area contributed by atoms with E-state index >= 15 is 0 Å². The van der Waals surface area contributed by atoms with Crippen LogP contribution in [-0.4, -0.2) is 56.5 Å². The molecule has 1 aromatic carbocycles. The standard InChI is InChI=1S/C22H29N5O4/c1-5-31-21(28)20-19(17(13-23)15-27(20)11-12-30-4)25-22(29)24-14-16(2)26(3)18-9-7-6-8-10-18/h6-10,15-16H,5,11-12,14H2,1-4H3,(H2,24,25,29)/t16-/m1/s1. The molecule has 0 aliphatic rings. The quantitative estimate of drug-likeness (QED) is 0.565. The number of hydrogen-bond donors (Lipinski definition) is 2. The van der Waals surface area contributed by atoms with Gasteiger partial charge in [-0.1, -0.05) is 18.2 Å². The van der Waals surface area contributed by atoms with Crippen LogP contribution in [0.3, 0.4) is 0 Å². The van der Waals surface area contributed by atoms with E-state index in [0.717, 1.165) is 5.69 Å². The average molecular weight is 428 g/mol. The van der Waals surface area contributed by atoms with Crippen LogP contribution in [0.5, 0.6) is 0 Å². The molecule has 0 saturated carbocycles. The fourth-order valence-corrected chi connectivity index (χ4v) is 3.00. The van der Waals surface area contributed by atoms with Gasteiger partial charge < -0.3 is 29.6 Å². The summed E-state index contributed by atoms with van der Waals surface area (Å²) in [6.07, 6.45) is 1.51. The highest BCUT2D eigenvalue weighted by Crippen LogP contribution is 2.24. The Labute approximate surface area is 182 Å². The molecule has 0 unspecified atom stereocenters. The molecule has 31 heavy (non-hydrogen) atoms. The van der Waals surface area contributed by atoms with Gasteiger partial charge in [-0.25, -0.2) is 9.59 Å². The number of likely N-dealkylation sites (N-methyl/N-ethyl adjacent to an activating group) is 1. The first kappa shape index (κ1) is 23.8. The molecule has 0 aliphatic carbocycles. The molecule has 0 aliphatic heterocycles. The molecule has 2 N–H and O–H groups in total. The first-order valence-corrected chi connectivity index (χ1v) is 10.0. The Kier molecular flexibility index (Phi) is 8.91. The number of para-hydroxylation sites is 1. The van der Waals surface area contributed by atoms with E-state index in [4.69, 9.17) is 9.47 Å². The number of methoxy groups -OCH3 is 1. The van der Waals surface area contributed by atoms with Crippen molar-refractivity contribution in [1.82, 2.24) is 9.88 Å². The summed E-state index contributed by atoms with van der Waals surface area (Å²) in [7, 11) is 3.49. The zero-order chi connectivity index (χ0) is 22.8. The Morgan fingerprint density at radius 2 is 2.00 bits per heavy atom. The highest BCUT2D eigenvalue weighted by atomic mass is 16.5. The smallest absolute Gasteiger partial charge is 0.357 e. The predicted molar refractivity (Wildman–Crippen MR) is 118 cm³/mol. The van der Waals surface area contributed by atoms with E-state index in [9.17, 15) is 14.9 Å². The van der Waals surface area contributed by atoms with Gasteiger partial charge in [0, 0.05) is 45.2 Å². The number of urea groups is 1. The van der Waals surface area contributed by atoms with Gasteiger partial charge in [-0.05, 0) is 26.0 Å². The summed E-state index contributed by atoms with van der Waals surface area (Å²) in [6, 6.07) is 11.3. The van der Waals surface area contributed by atoms with Gasteiger partial charge in [-0.2, -0.15) is 5.26 Å². The summed E-state index contributed by atoms with van der Waals surface area (Å²) in [6.45, 7) is 4.88. The summed E-state index contributed by atoms with van der Waals surface area (Å²) in [5, 5.41) is 14.9. The van der Waals surface area contributed by atoms with Gasteiger partial charge in [-0.15, -0.1) is 0 Å². The van der Waals surface area contributed by atoms with E-state index in [1.165, 1.54) is 6.20 Å². The highest BCUT2D eigenvalue weighted by molar-refractivity contribution is 6.01. The van der Waals surface area contributed by atoms with E-state index in [1.54, 1.807) is 18.6 Å². The number of benzene rings is 1. The number of hydrogen-bond acceptors (Lipinski definition) is 6. The third kappa shape index (κ3) is 6.23. The van der Waals surface area contributed by atoms with Crippen molar-refractivity contribution < 1.29 is 19.1 Å². The number of aromatic nitrogens is 1. The topological polar surface area (TPSA) is 109 Å². The molecule has 0 saturated heterocycles. The zero-order valence-electron chi connectivity index (χ0n) is 18.3. The number of ether oxygens (including phenoxy) is 2. The second kappa shape index (κ2) is 11.6. The largest absolute Gasteiger partial charge is 0.461 e. The number of carbonyl (C=O) groups is 2. The molecular weight excluding hydrogens is 398 g/mol. The zero-order valence-corrected chi connectivity index (χ0v) is 18.3. The van der Waals surface area contributed by atoms with Gasteiger partial charge in [-0.3, -0.25) is 0 Å². The fourth-order valence-electron chi connectivity index (χ4n) is 3.00. The number of esters is 1. The lowest BCUT2D eigenvalue weighted by molar-refractivity contribution is 0.0513. The maximum absolute atomic E-state index is 12.6. The molecule has 166 valence electrons. The van der Waals surface area contributed by atoms with Gasteiger partial charge in [0.2, 0.25) is 0 Å². The molecule has 0 radical (unpaired) electrons. The van der Waals surface area contributed by atoms with Crippen LogP contribution in [0.25, 0.3) is 0 Å². The minimum Gasteiger partial charge on any atom is -0.461 e. The predicted octanol–water partition coefficient (Wildman–Crippen LogP) is 2.83. The number of nitrogens with one attached hydrogen (secondary N) is 2. The van der Waals surface area contributed by atoms with Crippen LogP contribution in [0, 0.1) is 11.3 Å². The Morgan fingerprint density at radius 1 is 1.29 bits per heavy atom. The number of nitriles is 1. The Hall–Kier alpha value is -3.51. The van der Waals surface area contributed by atoms with Crippen LogP contribution in [0.1, 0.15) is 29.9 Å². The lowest BCUT2D eigenvalue weighted by Crippen LogP contribution is -2.42. The second-order valence-corrected chi connectivity index (χ2v) is 6.92. The molecule has 2 aromatic rings. The normalized spacial score (nSPS) is 11.3. The third-order valence-corrected chi connectivity index (χ3v) is 4.83. The molecule has 0 spiro atoms. The van der Waals surface area contributed by atoms with Crippen molar-refractivity contribution in [3.05, 3.63) is 47.8 Å². The van der Waals surface area contributed by atoms with Crippen molar-refractivity contribution in [3.8, 4) is 6.07 Å². The van der Waals surface area contributed by atoms with Crippen molar-refractivity contribution in [2.24, 2.45) is 0 Å². The maximum Gasteiger partial charge on any atom is 0.357 e. The van der Waals surface area contributed by atoms with Crippen LogP contribution >= 0.6 is 0 Å². The molecule has 1 heterocycles. The van der Waals surface area contributed by atoms with Gasteiger partial charge in [0.05, 0.1) is 24.5 Å². The minimum absolute atomic E-state index is 0.0133. The number of carbonyl (C=O) groups excluding carboxylic acids is 2. The molecule has 0 bridgehead atoms. The monoisotopic (exact) mass is 427 g/mol. The number of amides is 2. The van der Waals surface area contributed by atoms with Crippen molar-refractivity contribution in [2.45, 2.75) is 26.4 Å². The fraction of sp³-hybridized carbons (Fsp3) is 0.409. The second-order valence-electron chi connectivity index (χ2n) is 6.92. The summed E-state index contributed by atoms with van der Waals surface area (Å²) < 4.78 is 11.7. The van der Waals surface area contributed by atoms with E-state index in [1.807, 2.05) is 55.3 Å². The summed E-state index contributed by atoms with van der Waals surface area (Å²) in [5.41, 5.74) is 1.44. The lowest BCUT2D eigenvalue weighted by atomic mass is 10.2. The van der Waals surface area contributed by atoms with Crippen LogP contribution in [0.4, 0.5) is 16.2 Å². The maximum atomic E-state index is 12.6. The summed E-state index contributed by atoms with van der Waals surface area (Å²) in [5.74, 6) is -0.618. The molecule has 1 aromatic heterocycles. The van der Waals surface area contributed by atoms with Gasteiger partial charge in [0.1, 0.15) is 6.07 Å². The van der Waals surface area contributed by atoms with Crippen molar-refractivity contribution >= 4 is 23.4 Å². The third-order valence-electron chi connectivity index (χ3n) is 4.83. The molecule has 2 rings (SSSR count). The SMILES string of the molecule is CCOC(=O)c1c(NC(=O)NC[C@@H](C)N(C)c2ccccc2)c(C#N)cn1CCOC. The van der Waals surface area contributed by atoms with E-state index in [2.05, 4.69) is 10.6 Å². The average Bonchev–Trinajstić information content (AvgIpc) is 3.13.